The highest BCUT2D eigenvalue weighted by Crippen LogP contribution is 2.26. The molecule has 0 spiro atoms. The van der Waals surface area contributed by atoms with E-state index in [9.17, 15) is 10.1 Å². The Labute approximate surface area is 169 Å². The molecule has 0 aliphatic heterocycles. The number of amides is 1. The lowest BCUT2D eigenvalue weighted by Crippen LogP contribution is -2.12. The van der Waals surface area contributed by atoms with Crippen molar-refractivity contribution in [1.82, 2.24) is 4.98 Å². The maximum absolute atomic E-state index is 12.2. The van der Waals surface area contributed by atoms with Crippen molar-refractivity contribution in [2.75, 3.05) is 11.1 Å². The molecule has 0 unspecified atom stereocenters. The zero-order valence-electron chi connectivity index (χ0n) is 15.9. The third-order valence-electron chi connectivity index (χ3n) is 4.41. The van der Waals surface area contributed by atoms with Gasteiger partial charge in [0.05, 0.1) is 11.3 Å². The molecule has 1 N–H and O–H groups in total. The Bertz CT molecular complexity index is 1030. The zero-order valence-corrected chi connectivity index (χ0v) is 16.7. The van der Waals surface area contributed by atoms with E-state index in [0.717, 1.165) is 22.5 Å². The van der Waals surface area contributed by atoms with Gasteiger partial charge < -0.3 is 5.32 Å². The lowest BCUT2D eigenvalue weighted by atomic mass is 10.1. The highest BCUT2D eigenvalue weighted by molar-refractivity contribution is 7.99. The molecule has 0 aliphatic carbocycles. The Kier molecular flexibility index (Phi) is 6.46. The van der Waals surface area contributed by atoms with Crippen LogP contribution in [-0.4, -0.2) is 16.6 Å². The van der Waals surface area contributed by atoms with Crippen molar-refractivity contribution in [3.8, 4) is 17.3 Å². The van der Waals surface area contributed by atoms with Crippen LogP contribution in [0.5, 0.6) is 0 Å². The molecule has 1 heterocycles. The van der Waals surface area contributed by atoms with Gasteiger partial charge in [0.1, 0.15) is 11.1 Å². The van der Waals surface area contributed by atoms with Gasteiger partial charge in [-0.05, 0) is 49.2 Å². The number of hydrogen-bond donors (Lipinski definition) is 1. The van der Waals surface area contributed by atoms with E-state index in [1.165, 1.54) is 17.3 Å². The minimum absolute atomic E-state index is 0.0477. The van der Waals surface area contributed by atoms with Crippen molar-refractivity contribution in [3.05, 3.63) is 77.4 Å². The minimum atomic E-state index is -0.0477. The molecule has 0 fully saturated rings. The second-order valence-corrected chi connectivity index (χ2v) is 7.56. The number of nitrogens with one attached hydrogen (secondary N) is 1. The van der Waals surface area contributed by atoms with Gasteiger partial charge in [-0.1, -0.05) is 36.4 Å². The van der Waals surface area contributed by atoms with Gasteiger partial charge in [-0.15, -0.1) is 11.8 Å². The first kappa shape index (κ1) is 19.7. The smallest absolute Gasteiger partial charge is 0.225 e. The van der Waals surface area contributed by atoms with Crippen LogP contribution >= 0.6 is 11.8 Å². The van der Waals surface area contributed by atoms with Crippen LogP contribution in [0.15, 0.2) is 65.7 Å². The summed E-state index contributed by atoms with van der Waals surface area (Å²) < 4.78 is 0. The Morgan fingerprint density at radius 1 is 1.07 bits per heavy atom. The average molecular weight is 388 g/mol. The Morgan fingerprint density at radius 2 is 1.86 bits per heavy atom. The lowest BCUT2D eigenvalue weighted by Gasteiger charge is -2.09. The van der Waals surface area contributed by atoms with Gasteiger partial charge in [0, 0.05) is 23.4 Å². The molecule has 0 bridgehead atoms. The van der Waals surface area contributed by atoms with Gasteiger partial charge in [-0.25, -0.2) is 4.98 Å². The van der Waals surface area contributed by atoms with Gasteiger partial charge in [0.25, 0.3) is 0 Å². The van der Waals surface area contributed by atoms with Gasteiger partial charge in [-0.3, -0.25) is 4.79 Å². The molecule has 2 aromatic carbocycles. The normalized spacial score (nSPS) is 10.3. The maximum atomic E-state index is 12.2. The van der Waals surface area contributed by atoms with Gasteiger partial charge in [0.15, 0.2) is 0 Å². The molecular formula is C23H21N3OS. The first-order valence-electron chi connectivity index (χ1n) is 9.03. The topological polar surface area (TPSA) is 65.8 Å². The summed E-state index contributed by atoms with van der Waals surface area (Å²) in [6.45, 7) is 4.07. The van der Waals surface area contributed by atoms with Crippen molar-refractivity contribution in [1.29, 1.82) is 5.26 Å². The molecule has 0 radical (unpaired) electrons. The first-order chi connectivity index (χ1) is 13.6. The maximum Gasteiger partial charge on any atom is 0.225 e. The second kappa shape index (κ2) is 9.20. The second-order valence-electron chi connectivity index (χ2n) is 6.47. The molecule has 3 aromatic rings. The number of benzene rings is 2. The molecule has 0 aliphatic rings. The summed E-state index contributed by atoms with van der Waals surface area (Å²) in [5, 5.41) is 12.9. The van der Waals surface area contributed by atoms with Crippen molar-refractivity contribution in [2.45, 2.75) is 25.3 Å². The first-order valence-corrected chi connectivity index (χ1v) is 10.0. The van der Waals surface area contributed by atoms with Crippen LogP contribution in [0.2, 0.25) is 0 Å². The molecule has 1 amide bonds. The predicted molar refractivity (Wildman–Crippen MR) is 114 cm³/mol. The zero-order chi connectivity index (χ0) is 19.9. The van der Waals surface area contributed by atoms with Crippen LogP contribution in [0.25, 0.3) is 11.3 Å². The largest absolute Gasteiger partial charge is 0.326 e. The molecule has 3 rings (SSSR count). The number of nitrogens with zero attached hydrogens (tertiary/aromatic N) is 2. The SMILES string of the molecule is Cc1ccc(NC(=O)CCSc2nc(-c3ccccc3)ccc2C#N)cc1C. The summed E-state index contributed by atoms with van der Waals surface area (Å²) in [5.74, 6) is 0.504. The fourth-order valence-corrected chi connectivity index (χ4v) is 3.60. The van der Waals surface area contributed by atoms with E-state index in [4.69, 9.17) is 0 Å². The minimum Gasteiger partial charge on any atom is -0.326 e. The quantitative estimate of drug-likeness (QED) is 0.578. The lowest BCUT2D eigenvalue weighted by molar-refractivity contribution is -0.115. The van der Waals surface area contributed by atoms with Crippen molar-refractivity contribution < 1.29 is 4.79 Å². The molecule has 1 aromatic heterocycles. The summed E-state index contributed by atoms with van der Waals surface area (Å²) in [5.41, 5.74) is 5.50. The fraction of sp³-hybridized carbons (Fsp3) is 0.174. The Morgan fingerprint density at radius 3 is 2.57 bits per heavy atom. The van der Waals surface area contributed by atoms with Crippen molar-refractivity contribution in [2.24, 2.45) is 0 Å². The van der Waals surface area contributed by atoms with Crippen LogP contribution in [0.1, 0.15) is 23.1 Å². The van der Waals surface area contributed by atoms with E-state index in [1.54, 1.807) is 6.07 Å². The molecule has 0 atom stereocenters. The number of hydrogen-bond acceptors (Lipinski definition) is 4. The highest BCUT2D eigenvalue weighted by atomic mass is 32.2. The van der Waals surface area contributed by atoms with Gasteiger partial charge in [0.2, 0.25) is 5.91 Å². The molecule has 5 heteroatoms. The third-order valence-corrected chi connectivity index (χ3v) is 5.40. The number of thioether (sulfide) groups is 1. The third kappa shape index (κ3) is 4.99. The molecule has 28 heavy (non-hydrogen) atoms. The summed E-state index contributed by atoms with van der Waals surface area (Å²) >= 11 is 1.43. The summed E-state index contributed by atoms with van der Waals surface area (Å²) in [4.78, 5) is 16.9. The van der Waals surface area contributed by atoms with E-state index in [1.807, 2.05) is 68.4 Å². The predicted octanol–water partition coefficient (Wildman–Crippen LogP) is 5.36. The van der Waals surface area contributed by atoms with Gasteiger partial charge >= 0.3 is 0 Å². The van der Waals surface area contributed by atoms with Gasteiger partial charge in [-0.2, -0.15) is 5.26 Å². The summed E-state index contributed by atoms with van der Waals surface area (Å²) in [6.07, 6.45) is 0.347. The Balaban J connectivity index is 1.62. The standard InChI is InChI=1S/C23H21N3OS/c1-16-8-10-20(14-17(16)2)25-22(27)12-13-28-23-19(15-24)9-11-21(26-23)18-6-4-3-5-7-18/h3-11,14H,12-13H2,1-2H3,(H,25,27). The number of aromatic nitrogens is 1. The molecular weight excluding hydrogens is 366 g/mol. The van der Waals surface area contributed by atoms with E-state index in [0.29, 0.717) is 22.8 Å². The summed E-state index contributed by atoms with van der Waals surface area (Å²) in [7, 11) is 0. The van der Waals surface area contributed by atoms with E-state index in [2.05, 4.69) is 16.4 Å². The molecule has 4 nitrogen and oxygen atoms in total. The van der Waals surface area contributed by atoms with Crippen LogP contribution in [0, 0.1) is 25.2 Å². The summed E-state index contributed by atoms with van der Waals surface area (Å²) in [6, 6.07) is 21.5. The van der Waals surface area contributed by atoms with Crippen LogP contribution in [0.4, 0.5) is 5.69 Å². The number of nitriles is 1. The van der Waals surface area contributed by atoms with Crippen LogP contribution < -0.4 is 5.32 Å². The number of pyridine rings is 1. The van der Waals surface area contributed by atoms with Crippen LogP contribution in [-0.2, 0) is 4.79 Å². The van der Waals surface area contributed by atoms with E-state index < -0.39 is 0 Å². The Hall–Kier alpha value is -3.10. The molecule has 0 saturated heterocycles. The fourth-order valence-electron chi connectivity index (χ4n) is 2.69. The number of carbonyl (C=O) groups excluding carboxylic acids is 1. The van der Waals surface area contributed by atoms with E-state index >= 15 is 0 Å². The molecule has 140 valence electrons. The van der Waals surface area contributed by atoms with Crippen molar-refractivity contribution in [3.63, 3.8) is 0 Å². The number of aryl methyl sites for hydroxylation is 2. The number of anilines is 1. The molecule has 0 saturated carbocycles. The monoisotopic (exact) mass is 387 g/mol. The van der Waals surface area contributed by atoms with E-state index in [-0.39, 0.29) is 5.91 Å². The highest BCUT2D eigenvalue weighted by Gasteiger charge is 2.10. The average Bonchev–Trinajstić information content (AvgIpc) is 2.71. The van der Waals surface area contributed by atoms with Crippen LogP contribution in [0.3, 0.4) is 0 Å². The number of carbonyl (C=O) groups is 1. The number of rotatable bonds is 6. The van der Waals surface area contributed by atoms with Crippen molar-refractivity contribution >= 4 is 23.4 Å².